The second-order valence-electron chi connectivity index (χ2n) is 5.67. The fourth-order valence-electron chi connectivity index (χ4n) is 2.70. The largest absolute Gasteiger partial charge is 0.312 e. The van der Waals surface area contributed by atoms with Crippen molar-refractivity contribution in [2.45, 2.75) is 28.5 Å². The van der Waals surface area contributed by atoms with Gasteiger partial charge in [-0.05, 0) is 43.0 Å². The summed E-state index contributed by atoms with van der Waals surface area (Å²) in [6.45, 7) is 0.615. The Morgan fingerprint density at radius 1 is 1.38 bits per heavy atom. The molecule has 3 rings (SSSR count). The van der Waals surface area contributed by atoms with Crippen molar-refractivity contribution < 1.29 is 13.2 Å². The number of carbonyl (C=O) groups excluding carboxylic acids is 1. The van der Waals surface area contributed by atoms with Crippen LogP contribution in [0.2, 0.25) is 0 Å². The van der Waals surface area contributed by atoms with E-state index in [2.05, 4.69) is 0 Å². The molecule has 0 bridgehead atoms. The highest BCUT2D eigenvalue weighted by Gasteiger charge is 2.57. The Labute approximate surface area is 133 Å². The first-order chi connectivity index (χ1) is 9.70. The number of anilines is 1. The number of hydrogen-bond donors (Lipinski definition) is 0. The molecule has 0 N–H and O–H groups in total. The van der Waals surface area contributed by atoms with E-state index in [1.54, 1.807) is 23.1 Å². The Balaban J connectivity index is 1.94. The maximum Gasteiger partial charge on any atom is 0.233 e. The van der Waals surface area contributed by atoms with Crippen LogP contribution in [0.15, 0.2) is 23.1 Å². The summed E-state index contributed by atoms with van der Waals surface area (Å²) in [5.74, 6) is -0.436. The highest BCUT2D eigenvalue weighted by Crippen LogP contribution is 2.54. The number of hydrogen-bond acceptors (Lipinski definition) is 3. The zero-order chi connectivity index (χ0) is 15.4. The van der Waals surface area contributed by atoms with Gasteiger partial charge in [0, 0.05) is 18.5 Å². The fraction of sp³-hybridized carbons (Fsp3) is 0.500. The smallest absolute Gasteiger partial charge is 0.233 e. The van der Waals surface area contributed by atoms with Crippen LogP contribution in [0.3, 0.4) is 0 Å². The van der Waals surface area contributed by atoms with E-state index < -0.39 is 14.2 Å². The van der Waals surface area contributed by atoms with Gasteiger partial charge in [0.25, 0.3) is 0 Å². The molecule has 0 aromatic heterocycles. The number of alkyl halides is 2. The number of rotatable bonds is 2. The Morgan fingerprint density at radius 2 is 2.05 bits per heavy atom. The van der Waals surface area contributed by atoms with Crippen LogP contribution in [0.25, 0.3) is 0 Å². The lowest BCUT2D eigenvalue weighted by atomic mass is 10.0. The van der Waals surface area contributed by atoms with Gasteiger partial charge in [-0.1, -0.05) is 0 Å². The van der Waals surface area contributed by atoms with Crippen LogP contribution in [0.1, 0.15) is 18.4 Å². The summed E-state index contributed by atoms with van der Waals surface area (Å²) in [5.41, 5.74) is 1.66. The maximum absolute atomic E-state index is 12.5. The van der Waals surface area contributed by atoms with Crippen LogP contribution in [-0.4, -0.2) is 31.5 Å². The molecule has 114 valence electrons. The van der Waals surface area contributed by atoms with Crippen LogP contribution in [-0.2, 0) is 21.1 Å². The van der Waals surface area contributed by atoms with Gasteiger partial charge in [-0.15, -0.1) is 23.2 Å². The summed E-state index contributed by atoms with van der Waals surface area (Å²) >= 11 is 11.9. The zero-order valence-electron chi connectivity index (χ0n) is 11.5. The molecule has 0 spiro atoms. The Bertz CT molecular complexity index is 715. The summed E-state index contributed by atoms with van der Waals surface area (Å²) < 4.78 is 22.3. The number of carbonyl (C=O) groups is 1. The molecule has 1 aliphatic heterocycles. The molecule has 0 saturated heterocycles. The molecular formula is C14H15Cl2NO3S. The van der Waals surface area contributed by atoms with E-state index in [4.69, 9.17) is 23.2 Å². The van der Waals surface area contributed by atoms with Crippen LogP contribution < -0.4 is 4.90 Å². The predicted octanol–water partition coefficient (Wildman–Crippen LogP) is 2.56. The lowest BCUT2D eigenvalue weighted by Gasteiger charge is -2.30. The maximum atomic E-state index is 12.5. The van der Waals surface area contributed by atoms with Crippen LogP contribution in [0, 0.1) is 5.92 Å². The van der Waals surface area contributed by atoms with Gasteiger partial charge >= 0.3 is 0 Å². The molecule has 4 nitrogen and oxygen atoms in total. The first-order valence-corrected chi connectivity index (χ1v) is 9.37. The van der Waals surface area contributed by atoms with Gasteiger partial charge in [0.1, 0.15) is 4.33 Å². The predicted molar refractivity (Wildman–Crippen MR) is 82.8 cm³/mol. The molecule has 2 aliphatic rings. The molecule has 21 heavy (non-hydrogen) atoms. The summed E-state index contributed by atoms with van der Waals surface area (Å²) in [6, 6.07) is 4.91. The van der Waals surface area contributed by atoms with Crippen molar-refractivity contribution in [1.29, 1.82) is 0 Å². The van der Waals surface area contributed by atoms with E-state index in [1.807, 2.05) is 0 Å². The van der Waals surface area contributed by atoms with Gasteiger partial charge in [0.05, 0.1) is 10.8 Å². The minimum absolute atomic E-state index is 0.0759. The number of benzene rings is 1. The van der Waals surface area contributed by atoms with Crippen LogP contribution in [0.5, 0.6) is 0 Å². The Kier molecular flexibility index (Phi) is 3.50. The highest BCUT2D eigenvalue weighted by molar-refractivity contribution is 7.90. The molecular weight excluding hydrogens is 333 g/mol. The van der Waals surface area contributed by atoms with E-state index in [0.717, 1.165) is 24.1 Å². The molecule has 1 fully saturated rings. The number of aryl methyl sites for hydroxylation is 1. The van der Waals surface area contributed by atoms with Gasteiger partial charge in [0.2, 0.25) is 5.91 Å². The van der Waals surface area contributed by atoms with Gasteiger partial charge in [-0.25, -0.2) is 8.42 Å². The van der Waals surface area contributed by atoms with Gasteiger partial charge in [-0.3, -0.25) is 4.79 Å². The van der Waals surface area contributed by atoms with Crippen molar-refractivity contribution >= 4 is 44.6 Å². The summed E-state index contributed by atoms with van der Waals surface area (Å²) in [6.07, 6.45) is 3.22. The third-order valence-corrected chi connectivity index (χ3v) is 5.93. The van der Waals surface area contributed by atoms with Crippen molar-refractivity contribution in [3.05, 3.63) is 23.8 Å². The van der Waals surface area contributed by atoms with E-state index in [1.165, 1.54) is 6.26 Å². The van der Waals surface area contributed by atoms with Crippen molar-refractivity contribution in [3.8, 4) is 0 Å². The number of nitrogens with zero attached hydrogens (tertiary/aromatic N) is 1. The van der Waals surface area contributed by atoms with Crippen molar-refractivity contribution in [2.24, 2.45) is 5.92 Å². The molecule has 1 unspecified atom stereocenters. The average Bonchev–Trinajstić information content (AvgIpc) is 3.04. The minimum Gasteiger partial charge on any atom is -0.312 e. The second-order valence-corrected chi connectivity index (χ2v) is 9.23. The molecule has 1 aromatic carbocycles. The fourth-order valence-corrected chi connectivity index (χ4v) is 3.87. The lowest BCUT2D eigenvalue weighted by molar-refractivity contribution is -0.119. The van der Waals surface area contributed by atoms with E-state index in [9.17, 15) is 13.2 Å². The third kappa shape index (κ3) is 2.79. The van der Waals surface area contributed by atoms with E-state index in [0.29, 0.717) is 13.0 Å². The molecule has 0 radical (unpaired) electrons. The standard InChI is InChI=1S/C14H15Cl2NO3S/c1-21(19,20)10-4-5-12-9(7-10)3-2-6-17(12)13(18)11-8-14(11,15)16/h4-5,7,11H,2-3,6,8H2,1H3. The summed E-state index contributed by atoms with van der Waals surface area (Å²) in [4.78, 5) is 14.4. The SMILES string of the molecule is CS(=O)(=O)c1ccc2c(c1)CCCN2C(=O)C1CC1(Cl)Cl. The molecule has 1 amide bonds. The van der Waals surface area contributed by atoms with Gasteiger partial charge in [0.15, 0.2) is 9.84 Å². The third-order valence-electron chi connectivity index (χ3n) is 3.99. The molecule has 1 saturated carbocycles. The summed E-state index contributed by atoms with van der Waals surface area (Å²) in [5, 5.41) is 0. The van der Waals surface area contributed by atoms with E-state index in [-0.39, 0.29) is 16.7 Å². The Morgan fingerprint density at radius 3 is 2.62 bits per heavy atom. The number of amides is 1. The summed E-state index contributed by atoms with van der Waals surface area (Å²) in [7, 11) is -3.24. The Hall–Kier alpha value is -0.780. The van der Waals surface area contributed by atoms with Gasteiger partial charge in [-0.2, -0.15) is 0 Å². The zero-order valence-corrected chi connectivity index (χ0v) is 13.8. The number of fused-ring (bicyclic) bond motifs is 1. The quantitative estimate of drug-likeness (QED) is 0.772. The van der Waals surface area contributed by atoms with Crippen molar-refractivity contribution in [1.82, 2.24) is 0 Å². The lowest BCUT2D eigenvalue weighted by Crippen LogP contribution is -2.37. The van der Waals surface area contributed by atoms with Crippen LogP contribution >= 0.6 is 23.2 Å². The molecule has 1 heterocycles. The van der Waals surface area contributed by atoms with Gasteiger partial charge < -0.3 is 4.90 Å². The minimum atomic E-state index is -3.24. The number of halogens is 2. The average molecular weight is 348 g/mol. The first kappa shape index (κ1) is 15.1. The first-order valence-electron chi connectivity index (χ1n) is 6.72. The molecule has 7 heteroatoms. The normalized spacial score (nSPS) is 23.6. The van der Waals surface area contributed by atoms with Crippen molar-refractivity contribution in [3.63, 3.8) is 0 Å². The van der Waals surface area contributed by atoms with E-state index >= 15 is 0 Å². The van der Waals surface area contributed by atoms with Crippen molar-refractivity contribution in [2.75, 3.05) is 17.7 Å². The monoisotopic (exact) mass is 347 g/mol. The molecule has 1 aromatic rings. The second kappa shape index (κ2) is 4.86. The molecule has 1 aliphatic carbocycles. The molecule has 1 atom stereocenters. The number of sulfone groups is 1. The topological polar surface area (TPSA) is 54.5 Å². The highest BCUT2D eigenvalue weighted by atomic mass is 35.5. The van der Waals surface area contributed by atoms with Crippen LogP contribution in [0.4, 0.5) is 5.69 Å².